The summed E-state index contributed by atoms with van der Waals surface area (Å²) in [5, 5.41) is 8.37. The van der Waals surface area contributed by atoms with Crippen LogP contribution >= 0.6 is 11.3 Å². The number of thiazole rings is 1. The largest absolute Gasteiger partial charge is 0.444 e. The zero-order chi connectivity index (χ0) is 20.0. The Kier molecular flexibility index (Phi) is 7.41. The molecule has 1 aromatic rings. The highest BCUT2D eigenvalue weighted by Crippen LogP contribution is 2.29. The Balaban J connectivity index is 1.99. The summed E-state index contributed by atoms with van der Waals surface area (Å²) >= 11 is 1.30. The maximum absolute atomic E-state index is 12.8. The lowest BCUT2D eigenvalue weighted by atomic mass is 9.81. The van der Waals surface area contributed by atoms with E-state index in [0.29, 0.717) is 23.4 Å². The lowest BCUT2D eigenvalue weighted by Crippen LogP contribution is -2.45. The van der Waals surface area contributed by atoms with Gasteiger partial charge in [0.15, 0.2) is 5.01 Å². The molecule has 1 aromatic heterocycles. The smallest absolute Gasteiger partial charge is 0.408 e. The first-order valence-electron chi connectivity index (χ1n) is 9.49. The number of alkyl carbamates (subject to hydrolysis) is 1. The van der Waals surface area contributed by atoms with Gasteiger partial charge < -0.3 is 15.4 Å². The second-order valence-corrected chi connectivity index (χ2v) is 9.17. The number of nitrogens with one attached hydrogen (secondary N) is 2. The van der Waals surface area contributed by atoms with Crippen molar-refractivity contribution >= 4 is 23.2 Å². The van der Waals surface area contributed by atoms with E-state index in [0.717, 1.165) is 31.4 Å². The zero-order valence-electron chi connectivity index (χ0n) is 16.7. The predicted octanol–water partition coefficient (Wildman–Crippen LogP) is 4.29. The van der Waals surface area contributed by atoms with Gasteiger partial charge in [-0.3, -0.25) is 4.79 Å². The third-order valence-electron chi connectivity index (χ3n) is 4.52. The van der Waals surface area contributed by atoms with Gasteiger partial charge in [0.2, 0.25) is 5.78 Å². The number of nitrogens with zero attached hydrogens (tertiary/aromatic N) is 1. The molecule has 6 nitrogen and oxygen atoms in total. The van der Waals surface area contributed by atoms with E-state index in [9.17, 15) is 9.59 Å². The SMILES string of the molecule is C=C(C)NC1CCC(C[C@H](NC(=O)OC(C)(C)C)C(=O)c2nccs2)CC1. The number of carbonyl (C=O) groups is 2. The van der Waals surface area contributed by atoms with E-state index in [1.807, 2.05) is 6.92 Å². The number of carbonyl (C=O) groups excluding carboxylic acids is 2. The minimum absolute atomic E-state index is 0.141. The van der Waals surface area contributed by atoms with Crippen LogP contribution < -0.4 is 10.6 Å². The van der Waals surface area contributed by atoms with E-state index in [-0.39, 0.29) is 5.78 Å². The number of aromatic nitrogens is 1. The predicted molar refractivity (Wildman–Crippen MR) is 108 cm³/mol. The molecule has 1 heterocycles. The first kappa shape index (κ1) is 21.4. The van der Waals surface area contributed by atoms with Crippen molar-refractivity contribution in [3.63, 3.8) is 0 Å². The number of ketones is 1. The summed E-state index contributed by atoms with van der Waals surface area (Å²) in [5.74, 6) is 0.245. The van der Waals surface area contributed by atoms with Crippen molar-refractivity contribution in [1.29, 1.82) is 0 Å². The lowest BCUT2D eigenvalue weighted by molar-refractivity contribution is 0.0480. The van der Waals surface area contributed by atoms with Crippen molar-refractivity contribution in [1.82, 2.24) is 15.6 Å². The van der Waals surface area contributed by atoms with Gasteiger partial charge in [-0.2, -0.15) is 0 Å². The van der Waals surface area contributed by atoms with Crippen LogP contribution in [0.3, 0.4) is 0 Å². The Morgan fingerprint density at radius 3 is 2.52 bits per heavy atom. The molecule has 2 N–H and O–H groups in total. The topological polar surface area (TPSA) is 80.3 Å². The first-order chi connectivity index (χ1) is 12.6. The van der Waals surface area contributed by atoms with Crippen LogP contribution in [0.25, 0.3) is 0 Å². The van der Waals surface area contributed by atoms with Gasteiger partial charge in [0.1, 0.15) is 5.60 Å². The third-order valence-corrected chi connectivity index (χ3v) is 5.30. The van der Waals surface area contributed by atoms with E-state index < -0.39 is 17.7 Å². The summed E-state index contributed by atoms with van der Waals surface area (Å²) < 4.78 is 5.35. The second kappa shape index (κ2) is 9.35. The molecule has 0 radical (unpaired) electrons. The Bertz CT molecular complexity index is 644. The molecule has 0 aliphatic heterocycles. The number of hydrogen-bond acceptors (Lipinski definition) is 6. The van der Waals surface area contributed by atoms with Crippen LogP contribution in [0.2, 0.25) is 0 Å². The van der Waals surface area contributed by atoms with E-state index >= 15 is 0 Å². The molecule has 1 aliphatic carbocycles. The van der Waals surface area contributed by atoms with Gasteiger partial charge in [0.05, 0.1) is 6.04 Å². The number of Topliss-reactive ketones (excluding diaryl/α,β-unsaturated/α-hetero) is 1. The van der Waals surface area contributed by atoms with Crippen molar-refractivity contribution < 1.29 is 14.3 Å². The van der Waals surface area contributed by atoms with Crippen LogP contribution in [0, 0.1) is 5.92 Å². The van der Waals surface area contributed by atoms with Gasteiger partial charge in [-0.05, 0) is 65.7 Å². The standard InChI is InChI=1S/C20H31N3O3S/c1-13(2)22-15-8-6-14(7-9-15)12-16(17(24)18-21-10-11-27-18)23-19(25)26-20(3,4)5/h10-11,14-16,22H,1,6-9,12H2,2-5H3,(H,23,25)/t14?,15?,16-/m0/s1. The molecule has 27 heavy (non-hydrogen) atoms. The van der Waals surface area contributed by atoms with E-state index in [4.69, 9.17) is 4.74 Å². The van der Waals surface area contributed by atoms with Gasteiger partial charge in [0.25, 0.3) is 0 Å². The van der Waals surface area contributed by atoms with Crippen LogP contribution in [-0.4, -0.2) is 34.5 Å². The van der Waals surface area contributed by atoms with Crippen molar-refractivity contribution in [3.8, 4) is 0 Å². The summed E-state index contributed by atoms with van der Waals surface area (Å²) in [5.41, 5.74) is 0.382. The molecule has 1 saturated carbocycles. The first-order valence-corrected chi connectivity index (χ1v) is 10.4. The fourth-order valence-electron chi connectivity index (χ4n) is 3.40. The molecule has 1 atom stereocenters. The molecule has 1 fully saturated rings. The summed E-state index contributed by atoms with van der Waals surface area (Å²) in [4.78, 5) is 29.2. The summed E-state index contributed by atoms with van der Waals surface area (Å²) in [6.45, 7) is 11.3. The van der Waals surface area contributed by atoms with Crippen molar-refractivity contribution in [2.75, 3.05) is 0 Å². The molecule has 1 aliphatic rings. The molecule has 150 valence electrons. The van der Waals surface area contributed by atoms with E-state index in [2.05, 4.69) is 22.2 Å². The monoisotopic (exact) mass is 393 g/mol. The Hall–Kier alpha value is -1.89. The fraction of sp³-hybridized carbons (Fsp3) is 0.650. The fourth-order valence-corrected chi connectivity index (χ4v) is 4.03. The minimum Gasteiger partial charge on any atom is -0.444 e. The van der Waals surface area contributed by atoms with Gasteiger partial charge in [-0.15, -0.1) is 11.3 Å². The zero-order valence-corrected chi connectivity index (χ0v) is 17.5. The van der Waals surface area contributed by atoms with Gasteiger partial charge in [-0.25, -0.2) is 9.78 Å². The second-order valence-electron chi connectivity index (χ2n) is 8.28. The van der Waals surface area contributed by atoms with Gasteiger partial charge in [-0.1, -0.05) is 6.58 Å². The Morgan fingerprint density at radius 2 is 2.00 bits per heavy atom. The number of allylic oxidation sites excluding steroid dienone is 1. The molecule has 2 rings (SSSR count). The normalized spacial score (nSPS) is 21.2. The molecule has 0 bridgehead atoms. The van der Waals surface area contributed by atoms with Crippen LogP contribution in [0.4, 0.5) is 4.79 Å². The molecule has 7 heteroatoms. The summed E-state index contributed by atoms with van der Waals surface area (Å²) in [6, 6.07) is -0.160. The molecule has 0 spiro atoms. The number of rotatable bonds is 7. The molecule has 1 amide bonds. The summed E-state index contributed by atoms with van der Waals surface area (Å²) in [6.07, 6.45) is 5.78. The molecule has 0 unspecified atom stereocenters. The van der Waals surface area contributed by atoms with Crippen LogP contribution in [-0.2, 0) is 4.74 Å². The molecule has 0 aromatic carbocycles. The quantitative estimate of drug-likeness (QED) is 0.676. The Labute approximate surface area is 165 Å². The van der Waals surface area contributed by atoms with Crippen LogP contribution in [0.15, 0.2) is 23.9 Å². The number of amides is 1. The lowest BCUT2D eigenvalue weighted by Gasteiger charge is -2.32. The highest BCUT2D eigenvalue weighted by Gasteiger charge is 2.31. The number of ether oxygens (including phenoxy) is 1. The third kappa shape index (κ3) is 7.33. The maximum atomic E-state index is 12.8. The average molecular weight is 394 g/mol. The minimum atomic E-state index is -0.610. The van der Waals surface area contributed by atoms with Crippen molar-refractivity contribution in [2.45, 2.75) is 77.5 Å². The Morgan fingerprint density at radius 1 is 1.33 bits per heavy atom. The van der Waals surface area contributed by atoms with Crippen molar-refractivity contribution in [2.24, 2.45) is 5.92 Å². The molecule has 0 saturated heterocycles. The van der Waals surface area contributed by atoms with E-state index in [1.54, 1.807) is 32.3 Å². The van der Waals surface area contributed by atoms with Crippen LogP contribution in [0.1, 0.15) is 69.6 Å². The van der Waals surface area contributed by atoms with Gasteiger partial charge >= 0.3 is 6.09 Å². The van der Waals surface area contributed by atoms with Crippen LogP contribution in [0.5, 0.6) is 0 Å². The average Bonchev–Trinajstić information content (AvgIpc) is 3.07. The molecular formula is C20H31N3O3S. The van der Waals surface area contributed by atoms with Gasteiger partial charge in [0, 0.05) is 23.3 Å². The summed E-state index contributed by atoms with van der Waals surface area (Å²) in [7, 11) is 0. The maximum Gasteiger partial charge on any atom is 0.408 e. The van der Waals surface area contributed by atoms with Crippen molar-refractivity contribution in [3.05, 3.63) is 28.9 Å². The highest BCUT2D eigenvalue weighted by atomic mass is 32.1. The molecular weight excluding hydrogens is 362 g/mol. The highest BCUT2D eigenvalue weighted by molar-refractivity contribution is 7.11. The number of hydrogen-bond donors (Lipinski definition) is 2. The van der Waals surface area contributed by atoms with E-state index in [1.165, 1.54) is 11.3 Å².